The predicted octanol–water partition coefficient (Wildman–Crippen LogP) is 4.22. The van der Waals surface area contributed by atoms with Crippen molar-refractivity contribution in [3.05, 3.63) is 59.2 Å². The van der Waals surface area contributed by atoms with Crippen molar-refractivity contribution < 1.29 is 0 Å². The monoisotopic (exact) mass is 280 g/mol. The zero-order valence-corrected chi connectivity index (χ0v) is 13.2. The van der Waals surface area contributed by atoms with Crippen molar-refractivity contribution in [2.24, 2.45) is 0 Å². The standard InChI is InChI=1S/C19H24N2/c1-14(2)15-4-7-18(8-5-15)21(3)19-9-6-17-13-20-11-10-16(17)12-19/h4-9,12,14,20H,10-11,13H2,1-3H3. The molecule has 0 spiro atoms. The molecule has 0 radical (unpaired) electrons. The Morgan fingerprint density at radius 3 is 2.38 bits per heavy atom. The third-order valence-electron chi connectivity index (χ3n) is 4.41. The van der Waals surface area contributed by atoms with E-state index in [1.54, 1.807) is 0 Å². The molecule has 0 saturated heterocycles. The first kappa shape index (κ1) is 14.2. The molecule has 2 aromatic rings. The summed E-state index contributed by atoms with van der Waals surface area (Å²) in [5.74, 6) is 0.584. The van der Waals surface area contributed by atoms with Crippen molar-refractivity contribution in [2.75, 3.05) is 18.5 Å². The number of nitrogens with one attached hydrogen (secondary N) is 1. The van der Waals surface area contributed by atoms with Crippen molar-refractivity contribution in [3.8, 4) is 0 Å². The molecule has 0 amide bonds. The molecule has 1 aliphatic heterocycles. The second-order valence-corrected chi connectivity index (χ2v) is 6.19. The maximum atomic E-state index is 3.42. The summed E-state index contributed by atoms with van der Waals surface area (Å²) in [4.78, 5) is 2.27. The van der Waals surface area contributed by atoms with E-state index >= 15 is 0 Å². The molecule has 0 fully saturated rings. The number of benzene rings is 2. The Kier molecular flexibility index (Phi) is 3.98. The zero-order chi connectivity index (χ0) is 14.8. The Hall–Kier alpha value is -1.80. The van der Waals surface area contributed by atoms with Gasteiger partial charge in [-0.15, -0.1) is 0 Å². The summed E-state index contributed by atoms with van der Waals surface area (Å²) in [7, 11) is 2.15. The summed E-state index contributed by atoms with van der Waals surface area (Å²) in [6, 6.07) is 15.7. The Labute approximate surface area is 127 Å². The molecule has 2 heteroatoms. The van der Waals surface area contributed by atoms with Gasteiger partial charge in [-0.25, -0.2) is 0 Å². The summed E-state index contributed by atoms with van der Waals surface area (Å²) in [6.07, 6.45) is 1.13. The van der Waals surface area contributed by atoms with Gasteiger partial charge in [-0.3, -0.25) is 0 Å². The average molecular weight is 280 g/mol. The van der Waals surface area contributed by atoms with Crippen LogP contribution < -0.4 is 10.2 Å². The van der Waals surface area contributed by atoms with Crippen LogP contribution in [0.1, 0.15) is 36.5 Å². The molecule has 0 atom stereocenters. The van der Waals surface area contributed by atoms with Crippen LogP contribution >= 0.6 is 0 Å². The van der Waals surface area contributed by atoms with Crippen LogP contribution in [-0.2, 0) is 13.0 Å². The minimum absolute atomic E-state index is 0.584. The van der Waals surface area contributed by atoms with Crippen molar-refractivity contribution in [1.29, 1.82) is 0 Å². The number of anilines is 2. The van der Waals surface area contributed by atoms with Crippen LogP contribution in [0.3, 0.4) is 0 Å². The SMILES string of the molecule is CC(C)c1ccc(N(C)c2ccc3c(c2)CCNC3)cc1. The second-order valence-electron chi connectivity index (χ2n) is 6.19. The van der Waals surface area contributed by atoms with Gasteiger partial charge in [0.1, 0.15) is 0 Å². The van der Waals surface area contributed by atoms with Crippen LogP contribution in [0, 0.1) is 0 Å². The van der Waals surface area contributed by atoms with E-state index in [0.717, 1.165) is 19.5 Å². The molecule has 1 aliphatic rings. The van der Waals surface area contributed by atoms with Crippen molar-refractivity contribution >= 4 is 11.4 Å². The highest BCUT2D eigenvalue weighted by atomic mass is 15.1. The molecule has 21 heavy (non-hydrogen) atoms. The van der Waals surface area contributed by atoms with E-state index in [1.165, 1.54) is 28.1 Å². The Morgan fingerprint density at radius 1 is 0.952 bits per heavy atom. The smallest absolute Gasteiger partial charge is 0.0411 e. The van der Waals surface area contributed by atoms with Gasteiger partial charge in [-0.2, -0.15) is 0 Å². The highest BCUT2D eigenvalue weighted by Crippen LogP contribution is 2.28. The number of nitrogens with zero attached hydrogens (tertiary/aromatic N) is 1. The summed E-state index contributed by atoms with van der Waals surface area (Å²) < 4.78 is 0. The van der Waals surface area contributed by atoms with E-state index in [9.17, 15) is 0 Å². The number of hydrogen-bond donors (Lipinski definition) is 1. The maximum Gasteiger partial charge on any atom is 0.0411 e. The molecular weight excluding hydrogens is 256 g/mol. The Bertz CT molecular complexity index is 614. The normalized spacial score (nSPS) is 14.1. The summed E-state index contributed by atoms with van der Waals surface area (Å²) in [6.45, 7) is 6.55. The van der Waals surface area contributed by atoms with Gasteiger partial charge in [-0.1, -0.05) is 32.0 Å². The summed E-state index contributed by atoms with van der Waals surface area (Å²) in [5, 5.41) is 3.42. The molecule has 0 unspecified atom stereocenters. The lowest BCUT2D eigenvalue weighted by Gasteiger charge is -2.24. The molecule has 1 N–H and O–H groups in total. The van der Waals surface area contributed by atoms with Crippen LogP contribution in [-0.4, -0.2) is 13.6 Å². The van der Waals surface area contributed by atoms with E-state index in [0.29, 0.717) is 5.92 Å². The quantitative estimate of drug-likeness (QED) is 0.905. The van der Waals surface area contributed by atoms with Crippen LogP contribution in [0.2, 0.25) is 0 Å². The largest absolute Gasteiger partial charge is 0.345 e. The van der Waals surface area contributed by atoms with E-state index in [4.69, 9.17) is 0 Å². The number of fused-ring (bicyclic) bond motifs is 1. The van der Waals surface area contributed by atoms with Crippen LogP contribution in [0.5, 0.6) is 0 Å². The lowest BCUT2D eigenvalue weighted by molar-refractivity contribution is 0.644. The van der Waals surface area contributed by atoms with Crippen LogP contribution in [0.4, 0.5) is 11.4 Å². The maximum absolute atomic E-state index is 3.42. The van der Waals surface area contributed by atoms with E-state index in [2.05, 4.69) is 73.6 Å². The van der Waals surface area contributed by atoms with Gasteiger partial charge in [0.2, 0.25) is 0 Å². The molecule has 0 aliphatic carbocycles. The van der Waals surface area contributed by atoms with Crippen molar-refractivity contribution in [2.45, 2.75) is 32.7 Å². The lowest BCUT2D eigenvalue weighted by atomic mass is 10.00. The predicted molar refractivity (Wildman–Crippen MR) is 90.4 cm³/mol. The zero-order valence-electron chi connectivity index (χ0n) is 13.2. The highest BCUT2D eigenvalue weighted by Gasteiger charge is 2.11. The molecule has 0 aromatic heterocycles. The third-order valence-corrected chi connectivity index (χ3v) is 4.41. The first-order chi connectivity index (χ1) is 10.1. The Morgan fingerprint density at radius 2 is 1.67 bits per heavy atom. The minimum Gasteiger partial charge on any atom is -0.345 e. The van der Waals surface area contributed by atoms with Gasteiger partial charge >= 0.3 is 0 Å². The van der Waals surface area contributed by atoms with Crippen LogP contribution in [0.15, 0.2) is 42.5 Å². The summed E-state index contributed by atoms with van der Waals surface area (Å²) >= 11 is 0. The minimum atomic E-state index is 0.584. The molecule has 1 heterocycles. The van der Waals surface area contributed by atoms with Crippen molar-refractivity contribution in [1.82, 2.24) is 5.32 Å². The third kappa shape index (κ3) is 2.96. The molecule has 3 rings (SSSR count). The second kappa shape index (κ2) is 5.90. The van der Waals surface area contributed by atoms with Gasteiger partial charge in [0.05, 0.1) is 0 Å². The Balaban J connectivity index is 1.85. The van der Waals surface area contributed by atoms with Gasteiger partial charge < -0.3 is 10.2 Å². The van der Waals surface area contributed by atoms with Gasteiger partial charge in [-0.05, 0) is 59.8 Å². The molecule has 0 bridgehead atoms. The molecule has 110 valence electrons. The highest BCUT2D eigenvalue weighted by molar-refractivity contribution is 5.64. The van der Waals surface area contributed by atoms with Crippen molar-refractivity contribution in [3.63, 3.8) is 0 Å². The average Bonchev–Trinajstić information content (AvgIpc) is 2.54. The number of hydrogen-bond acceptors (Lipinski definition) is 2. The fourth-order valence-corrected chi connectivity index (χ4v) is 2.90. The molecular formula is C19H24N2. The first-order valence-corrected chi connectivity index (χ1v) is 7.81. The molecule has 2 nitrogen and oxygen atoms in total. The van der Waals surface area contributed by atoms with Gasteiger partial charge in [0.25, 0.3) is 0 Å². The fraction of sp³-hybridized carbons (Fsp3) is 0.368. The molecule has 0 saturated carbocycles. The van der Waals surface area contributed by atoms with E-state index in [-0.39, 0.29) is 0 Å². The molecule has 2 aromatic carbocycles. The van der Waals surface area contributed by atoms with E-state index < -0.39 is 0 Å². The number of rotatable bonds is 3. The topological polar surface area (TPSA) is 15.3 Å². The van der Waals surface area contributed by atoms with Gasteiger partial charge in [0, 0.05) is 25.0 Å². The van der Waals surface area contributed by atoms with E-state index in [1.807, 2.05) is 0 Å². The van der Waals surface area contributed by atoms with Gasteiger partial charge in [0.15, 0.2) is 0 Å². The fourth-order valence-electron chi connectivity index (χ4n) is 2.90. The summed E-state index contributed by atoms with van der Waals surface area (Å²) in [5.41, 5.74) is 6.83. The lowest BCUT2D eigenvalue weighted by Crippen LogP contribution is -2.23. The van der Waals surface area contributed by atoms with Crippen LogP contribution in [0.25, 0.3) is 0 Å². The first-order valence-electron chi connectivity index (χ1n) is 7.81.